The van der Waals surface area contributed by atoms with Gasteiger partial charge in [0.05, 0.1) is 13.2 Å². The molecule has 0 saturated carbocycles. The van der Waals surface area contributed by atoms with Gasteiger partial charge in [-0.15, -0.1) is 11.6 Å². The minimum absolute atomic E-state index is 0.416. The van der Waals surface area contributed by atoms with Gasteiger partial charge in [0.2, 0.25) is 5.91 Å². The Hall–Kier alpha value is -1.78. The number of hydrogen-bond acceptors (Lipinski definition) is 7. The van der Waals surface area contributed by atoms with Gasteiger partial charge in [-0.2, -0.15) is 5.43 Å². The lowest BCUT2D eigenvalue weighted by atomic mass is 10.1. The maximum absolute atomic E-state index is 12.3. The van der Waals surface area contributed by atoms with Gasteiger partial charge < -0.3 is 10.1 Å². The first kappa shape index (κ1) is 18.0. The monoisotopic (exact) mass is 369 g/mol. The largest absolute Gasteiger partial charge is 0.379 e. The number of nitrogens with one attached hydrogen (secondary N) is 3. The number of nitrogens with zero attached hydrogens (tertiary/aromatic N) is 2. The van der Waals surface area contributed by atoms with E-state index in [9.17, 15) is 14.9 Å². The lowest BCUT2D eigenvalue weighted by Gasteiger charge is -2.26. The van der Waals surface area contributed by atoms with E-state index in [4.69, 9.17) is 16.3 Å². The molecule has 3 rings (SSSR count). The molecule has 136 valence electrons. The van der Waals surface area contributed by atoms with E-state index in [1.165, 1.54) is 0 Å². The summed E-state index contributed by atoms with van der Waals surface area (Å²) in [6, 6.07) is 6.64. The first-order valence-electron chi connectivity index (χ1n) is 8.03. The maximum atomic E-state index is 12.3. The predicted molar refractivity (Wildman–Crippen MR) is 91.7 cm³/mol. The summed E-state index contributed by atoms with van der Waals surface area (Å²) < 4.78 is 5.33. The zero-order chi connectivity index (χ0) is 17.8. The number of benzene rings is 1. The zero-order valence-corrected chi connectivity index (χ0v) is 14.2. The van der Waals surface area contributed by atoms with E-state index in [1.54, 1.807) is 6.07 Å². The molecule has 0 radical (unpaired) electrons. The van der Waals surface area contributed by atoms with Gasteiger partial charge in [0.1, 0.15) is 11.4 Å². The van der Waals surface area contributed by atoms with Gasteiger partial charge in [0.15, 0.2) is 0 Å². The van der Waals surface area contributed by atoms with Crippen LogP contribution in [0.5, 0.6) is 0 Å². The molecule has 3 N–H and O–H groups in total. The molecule has 0 spiro atoms. The molecule has 1 aromatic rings. The van der Waals surface area contributed by atoms with E-state index in [1.807, 2.05) is 18.2 Å². The maximum Gasteiger partial charge on any atom is 0.296 e. The fourth-order valence-corrected chi connectivity index (χ4v) is 3.21. The van der Waals surface area contributed by atoms with Gasteiger partial charge in [0.25, 0.3) is 6.17 Å². The van der Waals surface area contributed by atoms with Crippen LogP contribution in [-0.2, 0) is 16.1 Å². The normalized spacial score (nSPS) is 27.2. The van der Waals surface area contributed by atoms with Crippen molar-refractivity contribution in [1.82, 2.24) is 15.8 Å². The van der Waals surface area contributed by atoms with Gasteiger partial charge >= 0.3 is 0 Å². The Morgan fingerprint density at radius 2 is 2.16 bits per heavy atom. The Labute approximate surface area is 149 Å². The highest BCUT2D eigenvalue weighted by Crippen LogP contribution is 2.18. The SMILES string of the molecule is O=C(Nc1cccc(CN2CCOCC2)c1)C1NNC([N+](=O)[O-])C1Cl. The van der Waals surface area contributed by atoms with Crippen LogP contribution >= 0.6 is 11.6 Å². The number of carbonyl (C=O) groups excluding carboxylic acids is 1. The molecule has 25 heavy (non-hydrogen) atoms. The van der Waals surface area contributed by atoms with Crippen LogP contribution < -0.4 is 16.2 Å². The lowest BCUT2D eigenvalue weighted by Crippen LogP contribution is -2.42. The second-order valence-corrected chi connectivity index (χ2v) is 6.52. The van der Waals surface area contributed by atoms with Crippen LogP contribution in [0, 0.1) is 10.1 Å². The molecular formula is C15H20ClN5O4. The average Bonchev–Trinajstić information content (AvgIpc) is 2.98. The summed E-state index contributed by atoms with van der Waals surface area (Å²) in [6.07, 6.45) is -1.20. The number of alkyl halides is 1. The van der Waals surface area contributed by atoms with Crippen molar-refractivity contribution in [2.45, 2.75) is 24.1 Å². The molecule has 2 heterocycles. The predicted octanol–water partition coefficient (Wildman–Crippen LogP) is 0.144. The van der Waals surface area contributed by atoms with Crippen LogP contribution in [0.2, 0.25) is 0 Å². The van der Waals surface area contributed by atoms with Crippen molar-refractivity contribution < 1.29 is 14.5 Å². The van der Waals surface area contributed by atoms with Crippen LogP contribution in [0.3, 0.4) is 0 Å². The lowest BCUT2D eigenvalue weighted by molar-refractivity contribution is -0.525. The quantitative estimate of drug-likeness (QED) is 0.385. The molecule has 0 aromatic heterocycles. The van der Waals surface area contributed by atoms with Gasteiger partial charge in [-0.25, -0.2) is 5.43 Å². The molecule has 2 saturated heterocycles. The van der Waals surface area contributed by atoms with Crippen LogP contribution in [0.15, 0.2) is 24.3 Å². The number of rotatable bonds is 5. The molecule has 2 fully saturated rings. The van der Waals surface area contributed by atoms with Crippen molar-refractivity contribution in [2.75, 3.05) is 31.6 Å². The van der Waals surface area contributed by atoms with Gasteiger partial charge in [-0.3, -0.25) is 19.8 Å². The van der Waals surface area contributed by atoms with E-state index >= 15 is 0 Å². The van der Waals surface area contributed by atoms with E-state index < -0.39 is 28.4 Å². The zero-order valence-electron chi connectivity index (χ0n) is 13.5. The molecule has 9 nitrogen and oxygen atoms in total. The molecule has 1 amide bonds. The van der Waals surface area contributed by atoms with Crippen molar-refractivity contribution in [3.05, 3.63) is 39.9 Å². The Bertz CT molecular complexity index is 640. The van der Waals surface area contributed by atoms with E-state index in [2.05, 4.69) is 21.1 Å². The molecule has 3 unspecified atom stereocenters. The van der Waals surface area contributed by atoms with Crippen molar-refractivity contribution in [3.8, 4) is 0 Å². The standard InChI is InChI=1S/C15H20ClN5O4/c16-12-13(18-19-14(12)21(23)24)15(22)17-11-3-1-2-10(8-11)9-20-4-6-25-7-5-20/h1-3,8,12-14,18-19H,4-7,9H2,(H,17,22). The Balaban J connectivity index is 1.60. The molecule has 10 heteroatoms. The molecule has 3 atom stereocenters. The highest BCUT2D eigenvalue weighted by molar-refractivity contribution is 6.24. The van der Waals surface area contributed by atoms with Crippen LogP contribution in [0.4, 0.5) is 5.69 Å². The number of amides is 1. The summed E-state index contributed by atoms with van der Waals surface area (Å²) in [5.41, 5.74) is 6.71. The third kappa shape index (κ3) is 4.44. The van der Waals surface area contributed by atoms with Gasteiger partial charge in [-0.05, 0) is 17.7 Å². The number of nitro groups is 1. The van der Waals surface area contributed by atoms with Crippen molar-refractivity contribution >= 4 is 23.2 Å². The highest BCUT2D eigenvalue weighted by atomic mass is 35.5. The third-order valence-electron chi connectivity index (χ3n) is 4.22. The highest BCUT2D eigenvalue weighted by Gasteiger charge is 2.45. The topological polar surface area (TPSA) is 109 Å². The van der Waals surface area contributed by atoms with Crippen molar-refractivity contribution in [3.63, 3.8) is 0 Å². The Morgan fingerprint density at radius 1 is 1.40 bits per heavy atom. The van der Waals surface area contributed by atoms with E-state index in [-0.39, 0.29) is 0 Å². The first-order chi connectivity index (χ1) is 12.0. The number of ether oxygens (including phenoxy) is 1. The van der Waals surface area contributed by atoms with E-state index in [0.717, 1.165) is 38.4 Å². The second kappa shape index (κ2) is 8.07. The molecular weight excluding hydrogens is 350 g/mol. The number of hydrogen-bond donors (Lipinski definition) is 3. The van der Waals surface area contributed by atoms with Crippen LogP contribution in [0.1, 0.15) is 5.56 Å². The molecule has 2 aliphatic heterocycles. The summed E-state index contributed by atoms with van der Waals surface area (Å²) >= 11 is 6.01. The van der Waals surface area contributed by atoms with Gasteiger partial charge in [0, 0.05) is 30.2 Å². The number of hydrazine groups is 1. The number of anilines is 1. The fraction of sp³-hybridized carbons (Fsp3) is 0.533. The summed E-state index contributed by atoms with van der Waals surface area (Å²) in [5.74, 6) is -0.416. The molecule has 0 bridgehead atoms. The summed E-state index contributed by atoms with van der Waals surface area (Å²) in [7, 11) is 0. The molecule has 2 aliphatic rings. The minimum atomic E-state index is -1.20. The molecule has 0 aliphatic carbocycles. The average molecular weight is 370 g/mol. The number of halogens is 1. The smallest absolute Gasteiger partial charge is 0.296 e. The summed E-state index contributed by atoms with van der Waals surface area (Å²) in [5, 5.41) is 12.6. The summed E-state index contributed by atoms with van der Waals surface area (Å²) in [4.78, 5) is 24.9. The minimum Gasteiger partial charge on any atom is -0.379 e. The Kier molecular flexibility index (Phi) is 5.82. The first-order valence-corrected chi connectivity index (χ1v) is 8.47. The van der Waals surface area contributed by atoms with Crippen molar-refractivity contribution in [2.24, 2.45) is 0 Å². The van der Waals surface area contributed by atoms with Crippen LogP contribution in [-0.4, -0.2) is 59.6 Å². The fourth-order valence-electron chi connectivity index (χ4n) is 2.88. The van der Waals surface area contributed by atoms with Crippen molar-refractivity contribution in [1.29, 1.82) is 0 Å². The van der Waals surface area contributed by atoms with Crippen LogP contribution in [0.25, 0.3) is 0 Å². The Morgan fingerprint density at radius 3 is 2.84 bits per heavy atom. The number of morpholine rings is 1. The number of carbonyl (C=O) groups is 1. The summed E-state index contributed by atoms with van der Waals surface area (Å²) in [6.45, 7) is 3.99. The third-order valence-corrected chi connectivity index (χ3v) is 4.71. The second-order valence-electron chi connectivity index (χ2n) is 6.02. The van der Waals surface area contributed by atoms with E-state index in [0.29, 0.717) is 5.69 Å². The van der Waals surface area contributed by atoms with Gasteiger partial charge in [-0.1, -0.05) is 12.1 Å². The molecule has 1 aromatic carbocycles.